The lowest BCUT2D eigenvalue weighted by molar-refractivity contribution is -0.130. The van der Waals surface area contributed by atoms with E-state index in [1.54, 1.807) is 6.07 Å². The second-order valence-electron chi connectivity index (χ2n) is 15.0. The smallest absolute Gasteiger partial charge is 0.242 e. The van der Waals surface area contributed by atoms with Crippen LogP contribution >= 0.6 is 0 Å². The van der Waals surface area contributed by atoms with Crippen molar-refractivity contribution in [3.05, 3.63) is 65.2 Å². The van der Waals surface area contributed by atoms with E-state index in [1.807, 2.05) is 50.2 Å². The molecule has 2 aromatic carbocycles. The molecule has 1 saturated heterocycles. The minimum Gasteiger partial charge on any atom is -0.508 e. The monoisotopic (exact) mass is 673 g/mol. The highest BCUT2D eigenvalue weighted by Crippen LogP contribution is 2.56. The third kappa shape index (κ3) is 8.03. The number of aromatic hydroxyl groups is 1. The molecular formula is C38H55N7O4. The number of piperidine rings is 1. The van der Waals surface area contributed by atoms with Gasteiger partial charge in [0.15, 0.2) is 5.96 Å². The summed E-state index contributed by atoms with van der Waals surface area (Å²) in [6, 6.07) is 15.4. The van der Waals surface area contributed by atoms with Crippen molar-refractivity contribution in [1.29, 1.82) is 0 Å². The number of phenols is 1. The number of hydrogen-bond acceptors (Lipinski definition) is 6. The molecule has 266 valence electrons. The molecule has 0 spiro atoms. The Labute approximate surface area is 290 Å². The predicted octanol–water partition coefficient (Wildman–Crippen LogP) is 2.69. The highest BCUT2D eigenvalue weighted by Gasteiger charge is 2.62. The standard InChI is InChI=1S/C38H55N7O4/c1-24(2)18-31(34(48)41-15-8-9-16-42-36(39)40)44-33(47)22-43-35(49)38(27-10-6-5-7-11-27)21-28(38)23-45-17-14-37(4)25(3)32(45)19-26-12-13-29(46)20-30(26)37/h5-7,10-13,20,24-25,28,31-32,46H,8-9,14-19,21-23H2,1-4H3,(H,41,48)(H,43,49)(H,44,47)(H4,39,40,42)/t25?,28?,31?,32?,37-,38+/m1/s1. The van der Waals surface area contributed by atoms with Gasteiger partial charge in [0.25, 0.3) is 0 Å². The van der Waals surface area contributed by atoms with E-state index in [1.165, 1.54) is 11.1 Å². The van der Waals surface area contributed by atoms with Crippen LogP contribution in [-0.2, 0) is 31.6 Å². The molecule has 0 aromatic heterocycles. The van der Waals surface area contributed by atoms with Gasteiger partial charge in [-0.05, 0) is 97.1 Å². The third-order valence-corrected chi connectivity index (χ3v) is 11.3. The van der Waals surface area contributed by atoms with Crippen molar-refractivity contribution in [1.82, 2.24) is 20.9 Å². The first-order chi connectivity index (χ1) is 23.3. The fourth-order valence-electron chi connectivity index (χ4n) is 8.30. The van der Waals surface area contributed by atoms with Crippen LogP contribution in [0.2, 0.25) is 0 Å². The molecule has 0 radical (unpaired) electrons. The molecule has 11 nitrogen and oxygen atoms in total. The fraction of sp³-hybridized carbons (Fsp3) is 0.579. The van der Waals surface area contributed by atoms with Crippen LogP contribution in [-0.4, -0.2) is 78.5 Å². The zero-order valence-corrected chi connectivity index (χ0v) is 29.5. The van der Waals surface area contributed by atoms with Gasteiger partial charge in [0.05, 0.1) is 12.0 Å². The van der Waals surface area contributed by atoms with E-state index in [9.17, 15) is 19.5 Å². The van der Waals surface area contributed by atoms with Gasteiger partial charge in [-0.1, -0.05) is 64.1 Å². The van der Waals surface area contributed by atoms with Crippen LogP contribution in [0.4, 0.5) is 0 Å². The number of nitrogens with one attached hydrogen (secondary N) is 3. The Morgan fingerprint density at radius 1 is 1.08 bits per heavy atom. The number of fused-ring (bicyclic) bond motifs is 4. The van der Waals surface area contributed by atoms with Gasteiger partial charge in [0, 0.05) is 25.7 Å². The van der Waals surface area contributed by atoms with Gasteiger partial charge in [-0.15, -0.1) is 0 Å². The van der Waals surface area contributed by atoms with Gasteiger partial charge in [-0.2, -0.15) is 0 Å². The van der Waals surface area contributed by atoms with Gasteiger partial charge in [-0.25, -0.2) is 0 Å². The van der Waals surface area contributed by atoms with Crippen LogP contribution in [0.15, 0.2) is 53.5 Å². The molecular weight excluding hydrogens is 618 g/mol. The van der Waals surface area contributed by atoms with Crippen molar-refractivity contribution in [3.8, 4) is 5.75 Å². The molecule has 2 fully saturated rings. The predicted molar refractivity (Wildman–Crippen MR) is 192 cm³/mol. The zero-order chi connectivity index (χ0) is 35.3. The number of unbranched alkanes of at least 4 members (excludes halogenated alkanes) is 1. The van der Waals surface area contributed by atoms with Crippen molar-refractivity contribution >= 4 is 23.7 Å². The van der Waals surface area contributed by atoms with Crippen molar-refractivity contribution in [2.75, 3.05) is 32.7 Å². The summed E-state index contributed by atoms with van der Waals surface area (Å²) in [5.74, 6) is 0.284. The Kier molecular flexibility index (Phi) is 11.2. The lowest BCUT2D eigenvalue weighted by atomic mass is 9.59. The largest absolute Gasteiger partial charge is 0.508 e. The Morgan fingerprint density at radius 2 is 1.84 bits per heavy atom. The fourth-order valence-corrected chi connectivity index (χ4v) is 8.30. The SMILES string of the molecule is CC(C)CC(NC(=O)CNC(=O)[C@]1(c2ccccc2)CC1CN1CC[C@@]2(C)c3cc(O)ccc3CC1C2C)C(=O)NCCCCN=C(N)N. The topological polar surface area (TPSA) is 175 Å². The minimum atomic E-state index is -0.711. The summed E-state index contributed by atoms with van der Waals surface area (Å²) in [5.41, 5.74) is 13.5. The van der Waals surface area contributed by atoms with Crippen molar-refractivity contribution in [2.24, 2.45) is 34.2 Å². The average Bonchev–Trinajstić information content (AvgIpc) is 3.79. The zero-order valence-electron chi connectivity index (χ0n) is 29.5. The van der Waals surface area contributed by atoms with E-state index in [-0.39, 0.29) is 41.6 Å². The van der Waals surface area contributed by atoms with Crippen molar-refractivity contribution < 1.29 is 19.5 Å². The molecule has 2 bridgehead atoms. The van der Waals surface area contributed by atoms with Crippen LogP contribution in [0, 0.1) is 17.8 Å². The van der Waals surface area contributed by atoms with Crippen LogP contribution in [0.25, 0.3) is 0 Å². The summed E-state index contributed by atoms with van der Waals surface area (Å²) in [6.45, 7) is 11.1. The molecule has 2 aliphatic carbocycles. The van der Waals surface area contributed by atoms with Gasteiger partial charge in [0.2, 0.25) is 17.7 Å². The number of likely N-dealkylation sites (tertiary alicyclic amines) is 1. The minimum absolute atomic E-state index is 0.00277. The summed E-state index contributed by atoms with van der Waals surface area (Å²) in [6.07, 6.45) is 4.54. The maximum absolute atomic E-state index is 14.0. The summed E-state index contributed by atoms with van der Waals surface area (Å²) >= 11 is 0. The summed E-state index contributed by atoms with van der Waals surface area (Å²) in [5, 5.41) is 18.9. The molecule has 49 heavy (non-hydrogen) atoms. The first kappa shape index (κ1) is 36.2. The number of guanidine groups is 1. The number of rotatable bonds is 15. The van der Waals surface area contributed by atoms with Crippen LogP contribution in [0.3, 0.4) is 0 Å². The number of benzene rings is 2. The van der Waals surface area contributed by atoms with E-state index in [2.05, 4.69) is 45.8 Å². The highest BCUT2D eigenvalue weighted by molar-refractivity contribution is 5.95. The van der Waals surface area contributed by atoms with Crippen molar-refractivity contribution in [3.63, 3.8) is 0 Å². The van der Waals surface area contributed by atoms with Crippen LogP contribution < -0.4 is 27.4 Å². The molecule has 8 N–H and O–H groups in total. The van der Waals surface area contributed by atoms with Gasteiger partial charge in [0.1, 0.15) is 11.8 Å². The van der Waals surface area contributed by atoms with E-state index in [0.717, 1.165) is 37.9 Å². The molecule has 3 amide bonds. The summed E-state index contributed by atoms with van der Waals surface area (Å²) < 4.78 is 0. The van der Waals surface area contributed by atoms with E-state index in [4.69, 9.17) is 11.5 Å². The number of carbonyl (C=O) groups is 3. The Morgan fingerprint density at radius 3 is 2.55 bits per heavy atom. The normalized spacial score (nSPS) is 26.3. The van der Waals surface area contributed by atoms with Crippen molar-refractivity contribution in [2.45, 2.75) is 89.1 Å². The lowest BCUT2D eigenvalue weighted by Crippen LogP contribution is -2.58. The van der Waals surface area contributed by atoms with E-state index >= 15 is 0 Å². The Balaban J connectivity index is 1.20. The van der Waals surface area contributed by atoms with Gasteiger partial charge >= 0.3 is 0 Å². The van der Waals surface area contributed by atoms with Crippen LogP contribution in [0.1, 0.15) is 76.5 Å². The molecule has 1 saturated carbocycles. The summed E-state index contributed by atoms with van der Waals surface area (Å²) in [4.78, 5) is 46.7. The second kappa shape index (κ2) is 15.2. The first-order valence-electron chi connectivity index (χ1n) is 17.9. The molecule has 3 aliphatic rings. The van der Waals surface area contributed by atoms with Gasteiger partial charge < -0.3 is 32.5 Å². The third-order valence-electron chi connectivity index (χ3n) is 11.3. The molecule has 1 aliphatic heterocycles. The average molecular weight is 674 g/mol. The molecule has 5 rings (SSSR count). The molecule has 6 atom stereocenters. The number of nitrogens with two attached hydrogens (primary N) is 2. The maximum atomic E-state index is 14.0. The maximum Gasteiger partial charge on any atom is 0.242 e. The molecule has 11 heteroatoms. The molecule has 1 heterocycles. The lowest BCUT2D eigenvalue weighted by Gasteiger charge is -2.55. The number of nitrogens with zero attached hydrogens (tertiary/aromatic N) is 2. The number of amides is 3. The highest BCUT2D eigenvalue weighted by atomic mass is 16.3. The number of phenolic OH excluding ortho intramolecular Hbond substituents is 1. The Hall–Kier alpha value is -4.12. The quantitative estimate of drug-likeness (QED) is 0.0957. The number of aliphatic imine (C=N–C) groups is 1. The molecule has 4 unspecified atom stereocenters. The van der Waals surface area contributed by atoms with E-state index < -0.39 is 17.4 Å². The number of hydrogen-bond donors (Lipinski definition) is 6. The summed E-state index contributed by atoms with van der Waals surface area (Å²) in [7, 11) is 0. The first-order valence-corrected chi connectivity index (χ1v) is 17.9. The van der Waals surface area contributed by atoms with Crippen LogP contribution in [0.5, 0.6) is 5.75 Å². The van der Waals surface area contributed by atoms with Gasteiger partial charge in [-0.3, -0.25) is 24.3 Å². The number of carbonyl (C=O) groups excluding carboxylic acids is 3. The van der Waals surface area contributed by atoms with E-state index in [0.29, 0.717) is 50.1 Å². The second-order valence-corrected chi connectivity index (χ2v) is 15.0. The molecule has 2 aromatic rings. The Bertz CT molecular complexity index is 1530.